The number of carbonyl (C=O) groups excluding carboxylic acids is 1. The number of carbonyl (C=O) groups is 1. The van der Waals surface area contributed by atoms with Gasteiger partial charge in [-0.2, -0.15) is 0 Å². The molecule has 2 aromatic rings. The van der Waals surface area contributed by atoms with Crippen LogP contribution in [-0.4, -0.2) is 36.1 Å². The maximum atomic E-state index is 13.3. The summed E-state index contributed by atoms with van der Waals surface area (Å²) in [5.41, 5.74) is 2.42. The standard InChI is InChI=1S/C20H22F2N4O2/c1-10-19-17(26(3)11(2)20(27)25-19)9-18(23-10)24-12-6-14(7-12)28-13-4-5-15(21)16(22)8-13/h4-5,8-9,11-12,14H,6-7H2,1-3H3,(H,23,24)(H,25,27)/t11-,12-,14-/m0/s1. The second kappa shape index (κ2) is 6.92. The van der Waals surface area contributed by atoms with E-state index in [2.05, 4.69) is 15.6 Å². The number of ether oxygens (including phenoxy) is 1. The zero-order valence-electron chi connectivity index (χ0n) is 15.9. The van der Waals surface area contributed by atoms with Crippen molar-refractivity contribution in [3.8, 4) is 5.75 Å². The summed E-state index contributed by atoms with van der Waals surface area (Å²) in [6.45, 7) is 3.72. The molecule has 0 saturated heterocycles. The number of hydrogen-bond acceptors (Lipinski definition) is 5. The van der Waals surface area contributed by atoms with E-state index >= 15 is 0 Å². The molecule has 1 aliphatic heterocycles. The van der Waals surface area contributed by atoms with Crippen LogP contribution in [0.3, 0.4) is 0 Å². The summed E-state index contributed by atoms with van der Waals surface area (Å²) >= 11 is 0. The van der Waals surface area contributed by atoms with E-state index in [1.54, 1.807) is 0 Å². The molecule has 1 aromatic heterocycles. The third kappa shape index (κ3) is 3.34. The van der Waals surface area contributed by atoms with E-state index < -0.39 is 11.6 Å². The lowest BCUT2D eigenvalue weighted by atomic mass is 9.89. The zero-order chi connectivity index (χ0) is 20.0. The van der Waals surface area contributed by atoms with E-state index in [-0.39, 0.29) is 24.1 Å². The molecule has 0 bridgehead atoms. The van der Waals surface area contributed by atoms with Crippen molar-refractivity contribution in [1.82, 2.24) is 4.98 Å². The molecule has 1 amide bonds. The molecule has 4 rings (SSSR count). The van der Waals surface area contributed by atoms with Gasteiger partial charge in [0, 0.05) is 38.1 Å². The number of pyridine rings is 1. The minimum atomic E-state index is -0.911. The SMILES string of the molecule is Cc1nc(N[C@H]2C[C@H](Oc3ccc(F)c(F)c3)C2)cc2c1NC(=O)[C@H](C)N2C. The van der Waals surface area contributed by atoms with Crippen molar-refractivity contribution in [2.45, 2.75) is 44.9 Å². The van der Waals surface area contributed by atoms with Gasteiger partial charge >= 0.3 is 0 Å². The number of anilines is 3. The van der Waals surface area contributed by atoms with Gasteiger partial charge in [-0.25, -0.2) is 13.8 Å². The molecular formula is C20H22F2N4O2. The quantitative estimate of drug-likeness (QED) is 0.840. The predicted octanol–water partition coefficient (Wildman–Crippen LogP) is 3.47. The van der Waals surface area contributed by atoms with Crippen LogP contribution in [-0.2, 0) is 4.79 Å². The lowest BCUT2D eigenvalue weighted by Crippen LogP contribution is -2.45. The number of halogens is 2. The van der Waals surface area contributed by atoms with Crippen LogP contribution in [0.5, 0.6) is 5.75 Å². The van der Waals surface area contributed by atoms with E-state index in [4.69, 9.17) is 4.74 Å². The normalized spacial score (nSPS) is 23.5. The van der Waals surface area contributed by atoms with Crippen molar-refractivity contribution in [1.29, 1.82) is 0 Å². The molecule has 0 unspecified atom stereocenters. The number of amides is 1. The third-order valence-electron chi connectivity index (χ3n) is 5.41. The van der Waals surface area contributed by atoms with Gasteiger partial charge in [-0.3, -0.25) is 4.79 Å². The van der Waals surface area contributed by atoms with Gasteiger partial charge in [0.2, 0.25) is 5.91 Å². The average Bonchev–Trinajstić information content (AvgIpc) is 2.62. The Labute approximate surface area is 161 Å². The number of rotatable bonds is 4. The first-order chi connectivity index (χ1) is 13.3. The van der Waals surface area contributed by atoms with Crippen molar-refractivity contribution < 1.29 is 18.3 Å². The highest BCUT2D eigenvalue weighted by molar-refractivity contribution is 6.04. The number of aryl methyl sites for hydroxylation is 1. The highest BCUT2D eigenvalue weighted by Crippen LogP contribution is 2.36. The maximum Gasteiger partial charge on any atom is 0.246 e. The molecule has 2 N–H and O–H groups in total. The Balaban J connectivity index is 1.39. The van der Waals surface area contributed by atoms with Crippen LogP contribution in [0.1, 0.15) is 25.5 Å². The van der Waals surface area contributed by atoms with Crippen LogP contribution in [0.4, 0.5) is 26.0 Å². The second-order valence-electron chi connectivity index (χ2n) is 7.39. The van der Waals surface area contributed by atoms with E-state index in [9.17, 15) is 13.6 Å². The minimum absolute atomic E-state index is 0.0446. The van der Waals surface area contributed by atoms with Gasteiger partial charge in [0.25, 0.3) is 0 Å². The molecular weight excluding hydrogens is 366 g/mol. The van der Waals surface area contributed by atoms with Gasteiger partial charge < -0.3 is 20.3 Å². The first kappa shape index (κ1) is 18.5. The molecule has 148 valence electrons. The molecule has 8 heteroatoms. The minimum Gasteiger partial charge on any atom is -0.490 e. The largest absolute Gasteiger partial charge is 0.490 e. The van der Waals surface area contributed by atoms with Crippen LogP contribution in [0, 0.1) is 18.6 Å². The van der Waals surface area contributed by atoms with Crippen LogP contribution in [0.2, 0.25) is 0 Å². The molecule has 6 nitrogen and oxygen atoms in total. The van der Waals surface area contributed by atoms with Crippen LogP contribution in [0.15, 0.2) is 24.3 Å². The van der Waals surface area contributed by atoms with Crippen molar-refractivity contribution in [2.75, 3.05) is 22.6 Å². The Morgan fingerprint density at radius 2 is 2.00 bits per heavy atom. The smallest absolute Gasteiger partial charge is 0.246 e. The Morgan fingerprint density at radius 3 is 2.71 bits per heavy atom. The van der Waals surface area contributed by atoms with Gasteiger partial charge in [0.1, 0.15) is 23.7 Å². The van der Waals surface area contributed by atoms with E-state index in [1.807, 2.05) is 31.9 Å². The molecule has 1 aliphatic carbocycles. The number of fused-ring (bicyclic) bond motifs is 1. The number of nitrogens with zero attached hydrogens (tertiary/aromatic N) is 2. The maximum absolute atomic E-state index is 13.3. The van der Waals surface area contributed by atoms with Gasteiger partial charge in [-0.05, 0) is 26.0 Å². The number of benzene rings is 1. The molecule has 2 heterocycles. The van der Waals surface area contributed by atoms with Crippen molar-refractivity contribution >= 4 is 23.1 Å². The Kier molecular flexibility index (Phi) is 4.56. The number of aromatic nitrogens is 1. The van der Waals surface area contributed by atoms with Crippen LogP contribution >= 0.6 is 0 Å². The van der Waals surface area contributed by atoms with Crippen molar-refractivity contribution in [3.63, 3.8) is 0 Å². The lowest BCUT2D eigenvalue weighted by Gasteiger charge is -2.37. The Hall–Kier alpha value is -2.90. The Bertz CT molecular complexity index is 931. The number of hydrogen-bond donors (Lipinski definition) is 2. The highest BCUT2D eigenvalue weighted by Gasteiger charge is 2.33. The summed E-state index contributed by atoms with van der Waals surface area (Å²) < 4.78 is 31.9. The summed E-state index contributed by atoms with van der Waals surface area (Å²) in [4.78, 5) is 18.5. The Morgan fingerprint density at radius 1 is 1.25 bits per heavy atom. The summed E-state index contributed by atoms with van der Waals surface area (Å²) in [5.74, 6) is -0.772. The summed E-state index contributed by atoms with van der Waals surface area (Å²) in [6.07, 6.45) is 1.42. The average molecular weight is 388 g/mol. The van der Waals surface area contributed by atoms with Crippen LogP contribution in [0.25, 0.3) is 0 Å². The molecule has 1 aromatic carbocycles. The van der Waals surface area contributed by atoms with Gasteiger partial charge in [-0.1, -0.05) is 0 Å². The molecule has 28 heavy (non-hydrogen) atoms. The molecule has 1 saturated carbocycles. The fourth-order valence-electron chi connectivity index (χ4n) is 3.51. The first-order valence-corrected chi connectivity index (χ1v) is 9.25. The molecule has 1 fully saturated rings. The summed E-state index contributed by atoms with van der Waals surface area (Å²) in [6, 6.07) is 5.42. The number of nitrogens with one attached hydrogen (secondary N) is 2. The van der Waals surface area contributed by atoms with Crippen molar-refractivity contribution in [2.24, 2.45) is 0 Å². The second-order valence-corrected chi connectivity index (χ2v) is 7.39. The van der Waals surface area contributed by atoms with Gasteiger partial charge in [0.15, 0.2) is 11.6 Å². The third-order valence-corrected chi connectivity index (χ3v) is 5.41. The monoisotopic (exact) mass is 388 g/mol. The molecule has 0 radical (unpaired) electrons. The molecule has 2 aliphatic rings. The summed E-state index contributed by atoms with van der Waals surface area (Å²) in [7, 11) is 1.89. The van der Waals surface area contributed by atoms with Crippen molar-refractivity contribution in [3.05, 3.63) is 41.6 Å². The number of likely N-dealkylation sites (N-methyl/N-ethyl adjacent to an activating group) is 1. The van der Waals surface area contributed by atoms with E-state index in [0.29, 0.717) is 5.75 Å². The fourth-order valence-corrected chi connectivity index (χ4v) is 3.51. The molecule has 1 atom stereocenters. The lowest BCUT2D eigenvalue weighted by molar-refractivity contribution is -0.117. The summed E-state index contributed by atoms with van der Waals surface area (Å²) in [5, 5.41) is 6.30. The fraction of sp³-hybridized carbons (Fsp3) is 0.400. The molecule has 0 spiro atoms. The van der Waals surface area contributed by atoms with E-state index in [1.165, 1.54) is 6.07 Å². The van der Waals surface area contributed by atoms with Gasteiger partial charge in [-0.15, -0.1) is 0 Å². The topological polar surface area (TPSA) is 66.5 Å². The van der Waals surface area contributed by atoms with Gasteiger partial charge in [0.05, 0.1) is 17.1 Å². The van der Waals surface area contributed by atoms with Crippen LogP contribution < -0.4 is 20.3 Å². The predicted molar refractivity (Wildman–Crippen MR) is 103 cm³/mol. The highest BCUT2D eigenvalue weighted by atomic mass is 19.2. The first-order valence-electron chi connectivity index (χ1n) is 9.25. The zero-order valence-corrected chi connectivity index (χ0v) is 15.9. The van der Waals surface area contributed by atoms with E-state index in [0.717, 1.165) is 47.9 Å².